The molecular weight excluding hydrogens is 369 g/mol. The highest BCUT2D eigenvalue weighted by atomic mass is 19.4. The summed E-state index contributed by atoms with van der Waals surface area (Å²) in [7, 11) is 2.81. The molecule has 156 valence electrons. The Hall–Kier alpha value is -2.17. The van der Waals surface area contributed by atoms with Crippen molar-refractivity contribution in [2.45, 2.75) is 57.9 Å². The maximum absolute atomic E-state index is 12.8. The van der Waals surface area contributed by atoms with Crippen molar-refractivity contribution in [3.63, 3.8) is 0 Å². The van der Waals surface area contributed by atoms with E-state index in [0.29, 0.717) is 0 Å². The van der Waals surface area contributed by atoms with Gasteiger partial charge >= 0.3 is 6.18 Å². The molecule has 0 aromatic heterocycles. The van der Waals surface area contributed by atoms with Gasteiger partial charge in [0.1, 0.15) is 5.54 Å². The average Bonchev–Trinajstić information content (AvgIpc) is 2.50. The Balaban J connectivity index is 6.06. The first-order chi connectivity index (χ1) is 12.0. The predicted molar refractivity (Wildman–Crippen MR) is 91.3 cm³/mol. The highest BCUT2D eigenvalue weighted by Crippen LogP contribution is 2.30. The molecular formula is C16H27F3N4O4. The number of amides is 3. The number of hydrogen-bond acceptors (Lipinski definition) is 5. The van der Waals surface area contributed by atoms with E-state index >= 15 is 0 Å². The minimum absolute atomic E-state index is 0.143. The van der Waals surface area contributed by atoms with Gasteiger partial charge in [-0.1, -0.05) is 20.8 Å². The number of rotatable bonds is 8. The smallest absolute Gasteiger partial charge is 0.349 e. The normalized spacial score (nSPS) is 16.5. The van der Waals surface area contributed by atoms with Crippen LogP contribution >= 0.6 is 0 Å². The van der Waals surface area contributed by atoms with Crippen molar-refractivity contribution in [2.75, 3.05) is 14.1 Å². The number of alkyl halides is 3. The van der Waals surface area contributed by atoms with E-state index in [9.17, 15) is 32.3 Å². The third-order valence-corrected chi connectivity index (χ3v) is 4.13. The molecule has 0 aliphatic heterocycles. The van der Waals surface area contributed by atoms with Gasteiger partial charge in [-0.15, -0.1) is 0 Å². The number of ketones is 1. The lowest BCUT2D eigenvalue weighted by molar-refractivity contribution is -0.173. The van der Waals surface area contributed by atoms with Gasteiger partial charge in [0.2, 0.25) is 18.2 Å². The third-order valence-electron chi connectivity index (χ3n) is 4.13. The van der Waals surface area contributed by atoms with E-state index in [1.165, 1.54) is 14.1 Å². The fraction of sp³-hybridized carbons (Fsp3) is 0.750. The van der Waals surface area contributed by atoms with Crippen LogP contribution in [-0.2, 0) is 19.2 Å². The third kappa shape index (κ3) is 6.19. The van der Waals surface area contributed by atoms with E-state index in [1.54, 1.807) is 20.8 Å². The molecule has 11 heteroatoms. The largest absolute Gasteiger partial charge is 0.452 e. The first-order valence-electron chi connectivity index (χ1n) is 8.09. The molecule has 0 aliphatic rings. The maximum Gasteiger partial charge on any atom is 0.452 e. The van der Waals surface area contributed by atoms with E-state index < -0.39 is 53.2 Å². The van der Waals surface area contributed by atoms with Crippen molar-refractivity contribution in [2.24, 2.45) is 11.1 Å². The highest BCUT2D eigenvalue weighted by Gasteiger charge is 2.52. The quantitative estimate of drug-likeness (QED) is 0.497. The number of hydrogen-bond donors (Lipinski definition) is 3. The lowest BCUT2D eigenvalue weighted by Gasteiger charge is -2.43. The van der Waals surface area contributed by atoms with E-state index in [1.807, 2.05) is 5.32 Å². The Bertz CT molecular complexity index is 587. The monoisotopic (exact) mass is 396 g/mol. The van der Waals surface area contributed by atoms with Crippen LogP contribution in [0.15, 0.2) is 0 Å². The van der Waals surface area contributed by atoms with Crippen LogP contribution in [0.4, 0.5) is 13.2 Å². The molecule has 0 aromatic carbocycles. The fourth-order valence-electron chi connectivity index (χ4n) is 2.42. The zero-order valence-electron chi connectivity index (χ0n) is 16.2. The SMILES string of the molecule is CC(NC(=O)[C@](CC(=O)N(C)C)(NC=O)[C@@H](N)C(C)(C)C)C(=O)C(F)(F)F. The molecule has 8 nitrogen and oxygen atoms in total. The summed E-state index contributed by atoms with van der Waals surface area (Å²) in [4.78, 5) is 48.7. The van der Waals surface area contributed by atoms with Crippen molar-refractivity contribution < 1.29 is 32.3 Å². The van der Waals surface area contributed by atoms with E-state index in [2.05, 4.69) is 5.32 Å². The summed E-state index contributed by atoms with van der Waals surface area (Å²) in [5.74, 6) is -3.91. The zero-order chi connectivity index (χ0) is 21.8. The lowest BCUT2D eigenvalue weighted by Crippen LogP contribution is -2.71. The standard InChI is InChI=1S/C16H27F3N4O4/c1-9(11(26)16(17,18)19)22-13(27)15(21-8-24,7-10(25)23(5)6)12(20)14(2,3)4/h8-9,12H,7,20H2,1-6H3,(H,21,24)(H,22,27)/t9?,12-,15+/m0/s1. The molecule has 0 saturated heterocycles. The number of nitrogens with two attached hydrogens (primary N) is 1. The van der Waals surface area contributed by atoms with Crippen LogP contribution in [0.2, 0.25) is 0 Å². The summed E-state index contributed by atoms with van der Waals surface area (Å²) >= 11 is 0. The second kappa shape index (κ2) is 8.68. The van der Waals surface area contributed by atoms with Crippen LogP contribution < -0.4 is 16.4 Å². The maximum atomic E-state index is 12.8. The number of carbonyl (C=O) groups excluding carboxylic acids is 4. The molecule has 4 N–H and O–H groups in total. The minimum Gasteiger partial charge on any atom is -0.349 e. The van der Waals surface area contributed by atoms with Crippen molar-refractivity contribution >= 4 is 24.0 Å². The Morgan fingerprint density at radius 1 is 1.15 bits per heavy atom. The topological polar surface area (TPSA) is 122 Å². The van der Waals surface area contributed by atoms with Crippen LogP contribution in [-0.4, -0.2) is 66.8 Å². The summed E-state index contributed by atoms with van der Waals surface area (Å²) in [6, 6.07) is -3.08. The Morgan fingerprint density at radius 3 is 1.96 bits per heavy atom. The van der Waals surface area contributed by atoms with Gasteiger partial charge in [0.05, 0.1) is 12.5 Å². The Kier molecular flexibility index (Phi) is 7.98. The van der Waals surface area contributed by atoms with E-state index in [4.69, 9.17) is 5.73 Å². The summed E-state index contributed by atoms with van der Waals surface area (Å²) in [6.45, 7) is 5.76. The first-order valence-corrected chi connectivity index (χ1v) is 8.09. The molecule has 1 unspecified atom stereocenters. The number of Topliss-reactive ketones (excluding diaryl/α,β-unsaturated/α-hetero) is 1. The summed E-state index contributed by atoms with van der Waals surface area (Å²) in [5.41, 5.74) is 3.27. The molecule has 0 spiro atoms. The van der Waals surface area contributed by atoms with Crippen LogP contribution in [0.1, 0.15) is 34.1 Å². The number of carbonyl (C=O) groups is 4. The van der Waals surface area contributed by atoms with Crippen LogP contribution in [0.3, 0.4) is 0 Å². The molecule has 3 atom stereocenters. The minimum atomic E-state index is -5.15. The molecule has 0 rings (SSSR count). The molecule has 0 aliphatic carbocycles. The van der Waals surface area contributed by atoms with Crippen LogP contribution in [0.25, 0.3) is 0 Å². The van der Waals surface area contributed by atoms with Gasteiger partial charge < -0.3 is 21.3 Å². The summed E-state index contributed by atoms with van der Waals surface area (Å²) in [5, 5.41) is 4.14. The predicted octanol–water partition coefficient (Wildman–Crippen LogP) is -0.0410. The van der Waals surface area contributed by atoms with E-state index in [0.717, 1.165) is 11.8 Å². The molecule has 0 bridgehead atoms. The molecule has 27 heavy (non-hydrogen) atoms. The van der Waals surface area contributed by atoms with Crippen molar-refractivity contribution in [1.82, 2.24) is 15.5 Å². The van der Waals surface area contributed by atoms with Gasteiger partial charge in [-0.2, -0.15) is 13.2 Å². The second-order valence-electron chi connectivity index (χ2n) is 7.60. The highest BCUT2D eigenvalue weighted by molar-refractivity contribution is 5.98. The number of nitrogens with one attached hydrogen (secondary N) is 2. The number of halogens is 3. The second-order valence-corrected chi connectivity index (χ2v) is 7.60. The first kappa shape index (κ1) is 24.8. The molecule has 0 saturated carbocycles. The van der Waals surface area contributed by atoms with Crippen molar-refractivity contribution in [3.8, 4) is 0 Å². The zero-order valence-corrected chi connectivity index (χ0v) is 16.2. The van der Waals surface area contributed by atoms with Gasteiger partial charge in [0.15, 0.2) is 0 Å². The van der Waals surface area contributed by atoms with Gasteiger partial charge in [-0.3, -0.25) is 19.2 Å². The summed E-state index contributed by atoms with van der Waals surface area (Å²) < 4.78 is 37.8. The molecule has 0 fully saturated rings. The average molecular weight is 396 g/mol. The number of nitrogens with zero attached hydrogens (tertiary/aromatic N) is 1. The Labute approximate surface area is 156 Å². The van der Waals surface area contributed by atoms with Crippen LogP contribution in [0, 0.1) is 5.41 Å². The van der Waals surface area contributed by atoms with Gasteiger partial charge in [-0.05, 0) is 12.3 Å². The fourth-order valence-corrected chi connectivity index (χ4v) is 2.42. The molecule has 0 heterocycles. The van der Waals surface area contributed by atoms with Crippen molar-refractivity contribution in [3.05, 3.63) is 0 Å². The Morgan fingerprint density at radius 2 is 1.63 bits per heavy atom. The van der Waals surface area contributed by atoms with Crippen molar-refractivity contribution in [1.29, 1.82) is 0 Å². The summed E-state index contributed by atoms with van der Waals surface area (Å²) in [6.07, 6.45) is -5.61. The lowest BCUT2D eigenvalue weighted by atomic mass is 9.72. The van der Waals surface area contributed by atoms with Gasteiger partial charge in [0.25, 0.3) is 5.78 Å². The molecule has 0 radical (unpaired) electrons. The van der Waals surface area contributed by atoms with Gasteiger partial charge in [0, 0.05) is 20.1 Å². The van der Waals surface area contributed by atoms with Crippen LogP contribution in [0.5, 0.6) is 0 Å². The van der Waals surface area contributed by atoms with E-state index in [-0.39, 0.29) is 6.41 Å². The molecule has 3 amide bonds. The molecule has 0 aromatic rings. The van der Waals surface area contributed by atoms with Gasteiger partial charge in [-0.25, -0.2) is 0 Å².